The normalized spacial score (nSPS) is 23.5. The van der Waals surface area contributed by atoms with E-state index >= 15 is 0 Å². The number of imide groups is 1. The lowest BCUT2D eigenvalue weighted by Crippen LogP contribution is -2.30. The number of amides is 2. The highest BCUT2D eigenvalue weighted by Crippen LogP contribution is 2.18. The van der Waals surface area contributed by atoms with Crippen molar-refractivity contribution in [2.75, 3.05) is 12.3 Å². The van der Waals surface area contributed by atoms with Crippen LogP contribution in [-0.2, 0) is 9.59 Å². The van der Waals surface area contributed by atoms with Gasteiger partial charge in [-0.1, -0.05) is 19.1 Å². The van der Waals surface area contributed by atoms with Crippen molar-refractivity contribution in [3.8, 4) is 0 Å². The molecule has 1 aliphatic rings. The molecule has 0 aromatic carbocycles. The monoisotopic (exact) mass is 199 g/mol. The van der Waals surface area contributed by atoms with Gasteiger partial charge in [0.1, 0.15) is 0 Å². The van der Waals surface area contributed by atoms with Crippen LogP contribution in [0.15, 0.2) is 12.2 Å². The number of carbonyl (C=O) groups is 2. The number of rotatable bonds is 3. The molecule has 0 aromatic heterocycles. The predicted molar refractivity (Wildman–Crippen MR) is 53.5 cm³/mol. The van der Waals surface area contributed by atoms with E-state index in [2.05, 4.69) is 12.6 Å². The maximum absolute atomic E-state index is 11.4. The Balaban J connectivity index is 2.54. The van der Waals surface area contributed by atoms with Gasteiger partial charge in [-0.15, -0.1) is 0 Å². The van der Waals surface area contributed by atoms with Gasteiger partial charge >= 0.3 is 0 Å². The van der Waals surface area contributed by atoms with Crippen LogP contribution in [0.4, 0.5) is 0 Å². The predicted octanol–water partition coefficient (Wildman–Crippen LogP) is 0.867. The topological polar surface area (TPSA) is 37.4 Å². The Morgan fingerprint density at radius 2 is 2.23 bits per heavy atom. The Bertz CT molecular complexity index is 250. The van der Waals surface area contributed by atoms with Crippen molar-refractivity contribution in [3.63, 3.8) is 0 Å². The molecule has 1 saturated heterocycles. The molecular weight excluding hydrogens is 186 g/mol. The van der Waals surface area contributed by atoms with Gasteiger partial charge in [0, 0.05) is 24.6 Å². The quantitative estimate of drug-likeness (QED) is 0.416. The maximum Gasteiger partial charge on any atom is 0.232 e. The summed E-state index contributed by atoms with van der Waals surface area (Å²) in [5.41, 5.74) is 0. The van der Waals surface area contributed by atoms with Crippen molar-refractivity contribution >= 4 is 24.4 Å². The van der Waals surface area contributed by atoms with Crippen molar-refractivity contribution in [2.24, 2.45) is 5.92 Å². The largest absolute Gasteiger partial charge is 0.278 e. The molecule has 72 valence electrons. The number of nitrogens with zero attached hydrogens (tertiary/aromatic N) is 1. The minimum absolute atomic E-state index is 0.0613. The van der Waals surface area contributed by atoms with Crippen LogP contribution >= 0.6 is 12.6 Å². The van der Waals surface area contributed by atoms with E-state index in [1.165, 1.54) is 4.90 Å². The van der Waals surface area contributed by atoms with Crippen molar-refractivity contribution in [1.29, 1.82) is 0 Å². The van der Waals surface area contributed by atoms with Crippen LogP contribution in [0.2, 0.25) is 0 Å². The Kier molecular flexibility index (Phi) is 3.54. The summed E-state index contributed by atoms with van der Waals surface area (Å²) in [6.07, 6.45) is 3.97. The summed E-state index contributed by atoms with van der Waals surface area (Å²) in [6.45, 7) is 2.17. The second-order valence-corrected chi connectivity index (χ2v) is 3.47. The van der Waals surface area contributed by atoms with Crippen LogP contribution in [0.25, 0.3) is 0 Å². The number of carbonyl (C=O) groups excluding carboxylic acids is 2. The van der Waals surface area contributed by atoms with Gasteiger partial charge in [0.05, 0.1) is 0 Å². The van der Waals surface area contributed by atoms with E-state index in [9.17, 15) is 9.59 Å². The zero-order valence-electron chi connectivity index (χ0n) is 7.56. The first kappa shape index (κ1) is 10.3. The summed E-state index contributed by atoms with van der Waals surface area (Å²) in [7, 11) is 0. The Labute approximate surface area is 83.2 Å². The van der Waals surface area contributed by atoms with Crippen molar-refractivity contribution < 1.29 is 9.59 Å². The number of likely N-dealkylation sites (tertiary alicyclic amines) is 1. The third-order valence-corrected chi connectivity index (χ3v) is 2.24. The van der Waals surface area contributed by atoms with Crippen molar-refractivity contribution in [1.82, 2.24) is 4.90 Å². The fourth-order valence-corrected chi connectivity index (χ4v) is 1.44. The Morgan fingerprint density at radius 1 is 1.54 bits per heavy atom. The van der Waals surface area contributed by atoms with E-state index in [4.69, 9.17) is 0 Å². The minimum Gasteiger partial charge on any atom is -0.278 e. The highest BCUT2D eigenvalue weighted by Gasteiger charge is 2.34. The van der Waals surface area contributed by atoms with Crippen LogP contribution in [0.1, 0.15) is 13.3 Å². The second kappa shape index (κ2) is 4.46. The molecule has 1 heterocycles. The fourth-order valence-electron chi connectivity index (χ4n) is 1.29. The van der Waals surface area contributed by atoms with E-state index < -0.39 is 0 Å². The standard InChI is InChI=1S/C9H13NO2S/c1-7-6-8(11)10(9(7)12)4-2-3-5-13/h2-3,7,13H,4-6H2,1H3. The van der Waals surface area contributed by atoms with E-state index in [1.807, 2.05) is 6.08 Å². The molecule has 1 fully saturated rings. The zero-order chi connectivity index (χ0) is 9.84. The SMILES string of the molecule is CC1CC(=O)N(CC=CCS)C1=O. The highest BCUT2D eigenvalue weighted by atomic mass is 32.1. The van der Waals surface area contributed by atoms with Crippen LogP contribution in [0.3, 0.4) is 0 Å². The molecule has 1 rings (SSSR count). The average Bonchev–Trinajstić information content (AvgIpc) is 2.32. The van der Waals surface area contributed by atoms with Crippen LogP contribution in [0, 0.1) is 5.92 Å². The third kappa shape index (κ3) is 2.34. The smallest absolute Gasteiger partial charge is 0.232 e. The first-order chi connectivity index (χ1) is 6.16. The van der Waals surface area contributed by atoms with Gasteiger partial charge in [0.25, 0.3) is 0 Å². The van der Waals surface area contributed by atoms with Crippen molar-refractivity contribution in [3.05, 3.63) is 12.2 Å². The minimum atomic E-state index is -0.142. The molecule has 1 unspecified atom stereocenters. The summed E-state index contributed by atoms with van der Waals surface area (Å²) >= 11 is 3.98. The molecule has 0 bridgehead atoms. The molecule has 1 atom stereocenters. The van der Waals surface area contributed by atoms with Gasteiger partial charge < -0.3 is 0 Å². The average molecular weight is 199 g/mol. The zero-order valence-corrected chi connectivity index (χ0v) is 8.46. The summed E-state index contributed by atoms with van der Waals surface area (Å²) < 4.78 is 0. The van der Waals surface area contributed by atoms with Crippen LogP contribution in [0.5, 0.6) is 0 Å². The molecule has 0 radical (unpaired) electrons. The molecular formula is C9H13NO2S. The lowest BCUT2D eigenvalue weighted by atomic mass is 10.1. The van der Waals surface area contributed by atoms with E-state index in [1.54, 1.807) is 13.0 Å². The molecule has 0 saturated carbocycles. The van der Waals surface area contributed by atoms with Crippen molar-refractivity contribution in [2.45, 2.75) is 13.3 Å². The maximum atomic E-state index is 11.4. The van der Waals surface area contributed by atoms with Gasteiger partial charge in [-0.2, -0.15) is 12.6 Å². The molecule has 4 heteroatoms. The summed E-state index contributed by atoms with van der Waals surface area (Å²) in [5.74, 6) is 0.359. The first-order valence-electron chi connectivity index (χ1n) is 4.27. The summed E-state index contributed by atoms with van der Waals surface area (Å²) in [6, 6.07) is 0. The summed E-state index contributed by atoms with van der Waals surface area (Å²) in [4.78, 5) is 23.9. The van der Waals surface area contributed by atoms with Gasteiger partial charge in [-0.25, -0.2) is 0 Å². The van der Waals surface area contributed by atoms with E-state index in [0.29, 0.717) is 18.7 Å². The lowest BCUT2D eigenvalue weighted by Gasteiger charge is -2.10. The van der Waals surface area contributed by atoms with Crippen LogP contribution < -0.4 is 0 Å². The Morgan fingerprint density at radius 3 is 2.69 bits per heavy atom. The molecule has 0 aromatic rings. The number of hydrogen-bond acceptors (Lipinski definition) is 3. The van der Waals surface area contributed by atoms with Gasteiger partial charge in [0.2, 0.25) is 11.8 Å². The first-order valence-corrected chi connectivity index (χ1v) is 4.90. The molecule has 13 heavy (non-hydrogen) atoms. The fraction of sp³-hybridized carbons (Fsp3) is 0.556. The second-order valence-electron chi connectivity index (χ2n) is 3.10. The third-order valence-electron chi connectivity index (χ3n) is 2.03. The Hall–Kier alpha value is -0.770. The van der Waals surface area contributed by atoms with Gasteiger partial charge in [-0.05, 0) is 0 Å². The van der Waals surface area contributed by atoms with Crippen LogP contribution in [-0.4, -0.2) is 29.0 Å². The van der Waals surface area contributed by atoms with Gasteiger partial charge in [-0.3, -0.25) is 14.5 Å². The molecule has 0 spiro atoms. The van der Waals surface area contributed by atoms with E-state index in [-0.39, 0.29) is 17.7 Å². The molecule has 3 nitrogen and oxygen atoms in total. The molecule has 0 aliphatic carbocycles. The summed E-state index contributed by atoms with van der Waals surface area (Å²) in [5, 5.41) is 0. The number of thiol groups is 1. The molecule has 0 N–H and O–H groups in total. The van der Waals surface area contributed by atoms with Gasteiger partial charge in [0.15, 0.2) is 0 Å². The molecule has 2 amide bonds. The number of hydrogen-bond donors (Lipinski definition) is 1. The lowest BCUT2D eigenvalue weighted by molar-refractivity contribution is -0.138. The van der Waals surface area contributed by atoms with E-state index in [0.717, 1.165) is 0 Å². The highest BCUT2D eigenvalue weighted by molar-refractivity contribution is 7.80. The molecule has 1 aliphatic heterocycles.